The van der Waals surface area contributed by atoms with E-state index in [4.69, 9.17) is 9.47 Å². The minimum atomic E-state index is -0.386. The molecule has 1 fully saturated rings. The van der Waals surface area contributed by atoms with Crippen molar-refractivity contribution >= 4 is 17.7 Å². The molecule has 2 aromatic rings. The average Bonchev–Trinajstić information content (AvgIpc) is 3.07. The number of benzene rings is 2. The second kappa shape index (κ2) is 9.93. The molecule has 1 N–H and O–H groups in total. The van der Waals surface area contributed by atoms with Gasteiger partial charge >= 0.3 is 0 Å². The van der Waals surface area contributed by atoms with Crippen molar-refractivity contribution in [2.75, 3.05) is 46.5 Å². The molecule has 8 nitrogen and oxygen atoms in total. The summed E-state index contributed by atoms with van der Waals surface area (Å²) in [4.78, 5) is 41.7. The minimum Gasteiger partial charge on any atom is -0.497 e. The normalized spacial score (nSPS) is 16.2. The van der Waals surface area contributed by atoms with Crippen molar-refractivity contribution < 1.29 is 23.9 Å². The minimum absolute atomic E-state index is 0.166. The van der Waals surface area contributed by atoms with Crippen molar-refractivity contribution in [1.29, 1.82) is 0 Å². The highest BCUT2D eigenvalue weighted by molar-refractivity contribution is 6.22. The van der Waals surface area contributed by atoms with Gasteiger partial charge in [-0.2, -0.15) is 0 Å². The van der Waals surface area contributed by atoms with Gasteiger partial charge in [-0.1, -0.05) is 12.1 Å². The van der Waals surface area contributed by atoms with Crippen LogP contribution in [0.5, 0.6) is 5.75 Å². The quantitative estimate of drug-likeness (QED) is 0.502. The number of rotatable bonds is 8. The molecule has 3 amide bonds. The van der Waals surface area contributed by atoms with E-state index in [2.05, 4.69) is 10.2 Å². The van der Waals surface area contributed by atoms with Crippen LogP contribution in [0.2, 0.25) is 0 Å². The molecular formula is C24H27N3O5. The molecule has 168 valence electrons. The van der Waals surface area contributed by atoms with E-state index in [9.17, 15) is 14.4 Å². The van der Waals surface area contributed by atoms with Gasteiger partial charge in [0.25, 0.3) is 17.7 Å². The number of fused-ring (bicyclic) bond motifs is 1. The van der Waals surface area contributed by atoms with Crippen molar-refractivity contribution in [3.05, 3.63) is 64.7 Å². The van der Waals surface area contributed by atoms with Crippen molar-refractivity contribution in [2.24, 2.45) is 0 Å². The Balaban J connectivity index is 1.35. The molecule has 32 heavy (non-hydrogen) atoms. The maximum atomic E-state index is 12.9. The lowest BCUT2D eigenvalue weighted by atomic mass is 10.1. The molecule has 1 saturated heterocycles. The molecule has 0 spiro atoms. The fourth-order valence-electron chi connectivity index (χ4n) is 3.92. The smallest absolute Gasteiger partial charge is 0.261 e. The van der Waals surface area contributed by atoms with E-state index < -0.39 is 0 Å². The Labute approximate surface area is 187 Å². The maximum Gasteiger partial charge on any atom is 0.261 e. The second-order valence-corrected chi connectivity index (χ2v) is 7.87. The molecule has 0 bridgehead atoms. The number of hydrogen-bond donors (Lipinski definition) is 1. The van der Waals surface area contributed by atoms with E-state index in [0.29, 0.717) is 23.4 Å². The topological polar surface area (TPSA) is 88.2 Å². The lowest BCUT2D eigenvalue weighted by Crippen LogP contribution is -2.38. The van der Waals surface area contributed by atoms with E-state index in [0.717, 1.165) is 44.8 Å². The first-order valence-electron chi connectivity index (χ1n) is 10.8. The number of hydrogen-bond acceptors (Lipinski definition) is 6. The molecule has 0 unspecified atom stereocenters. The summed E-state index contributed by atoms with van der Waals surface area (Å²) in [6, 6.07) is 11.9. The summed E-state index contributed by atoms with van der Waals surface area (Å²) in [5, 5.41) is 2.90. The lowest BCUT2D eigenvalue weighted by Gasteiger charge is -2.26. The molecule has 2 heterocycles. The van der Waals surface area contributed by atoms with Gasteiger partial charge in [0.1, 0.15) is 5.75 Å². The molecule has 8 heteroatoms. The number of imide groups is 1. The molecule has 0 saturated carbocycles. The van der Waals surface area contributed by atoms with Crippen LogP contribution in [0.15, 0.2) is 42.5 Å². The molecule has 0 aromatic heterocycles. The predicted octanol–water partition coefficient (Wildman–Crippen LogP) is 1.94. The summed E-state index contributed by atoms with van der Waals surface area (Å²) in [5.41, 5.74) is 1.79. The van der Waals surface area contributed by atoms with Crippen LogP contribution in [-0.4, -0.2) is 74.0 Å². The molecule has 0 radical (unpaired) electrons. The van der Waals surface area contributed by atoms with E-state index in [1.165, 1.54) is 11.0 Å². The van der Waals surface area contributed by atoms with Crippen LogP contribution in [0.4, 0.5) is 0 Å². The molecule has 4 rings (SSSR count). The van der Waals surface area contributed by atoms with Crippen LogP contribution in [-0.2, 0) is 11.3 Å². The zero-order valence-corrected chi connectivity index (χ0v) is 18.1. The highest BCUT2D eigenvalue weighted by atomic mass is 16.5. The molecular weight excluding hydrogens is 410 g/mol. The monoisotopic (exact) mass is 437 g/mol. The third kappa shape index (κ3) is 4.81. The summed E-state index contributed by atoms with van der Waals surface area (Å²) in [7, 11) is 1.58. The third-order valence-electron chi connectivity index (χ3n) is 5.77. The SMILES string of the molecule is COc1ccc(CN2C(=O)c3ccc(C(=O)NCCCN4CCOCC4)cc3C2=O)cc1. The maximum absolute atomic E-state index is 12.9. The van der Waals surface area contributed by atoms with Gasteiger partial charge in [-0.05, 0) is 48.9 Å². The van der Waals surface area contributed by atoms with Crippen molar-refractivity contribution in [2.45, 2.75) is 13.0 Å². The fraction of sp³-hybridized carbons (Fsp3) is 0.375. The van der Waals surface area contributed by atoms with Gasteiger partial charge in [0, 0.05) is 25.2 Å². The largest absolute Gasteiger partial charge is 0.497 e. The molecule has 2 aromatic carbocycles. The van der Waals surface area contributed by atoms with Crippen LogP contribution in [0.25, 0.3) is 0 Å². The summed E-state index contributed by atoms with van der Waals surface area (Å²) in [6.07, 6.45) is 0.837. The Hall–Kier alpha value is -3.23. The average molecular weight is 437 g/mol. The van der Waals surface area contributed by atoms with Gasteiger partial charge in [-0.25, -0.2) is 0 Å². The zero-order chi connectivity index (χ0) is 22.5. The summed E-state index contributed by atoms with van der Waals surface area (Å²) < 4.78 is 10.5. The number of nitrogens with one attached hydrogen (secondary N) is 1. The van der Waals surface area contributed by atoms with Crippen LogP contribution < -0.4 is 10.1 Å². The molecule has 2 aliphatic heterocycles. The van der Waals surface area contributed by atoms with E-state index in [-0.39, 0.29) is 29.8 Å². The Morgan fingerprint density at radius 2 is 1.75 bits per heavy atom. The number of amides is 3. The highest BCUT2D eigenvalue weighted by Gasteiger charge is 2.36. The molecule has 0 atom stereocenters. The summed E-state index contributed by atoms with van der Waals surface area (Å²) in [6.45, 7) is 4.96. The third-order valence-corrected chi connectivity index (χ3v) is 5.77. The van der Waals surface area contributed by atoms with Gasteiger partial charge in [-0.3, -0.25) is 24.2 Å². The molecule has 0 aliphatic carbocycles. The van der Waals surface area contributed by atoms with E-state index in [1.807, 2.05) is 12.1 Å². The van der Waals surface area contributed by atoms with Gasteiger partial charge in [0.15, 0.2) is 0 Å². The van der Waals surface area contributed by atoms with Crippen LogP contribution in [0.3, 0.4) is 0 Å². The van der Waals surface area contributed by atoms with Crippen molar-refractivity contribution in [1.82, 2.24) is 15.1 Å². The number of carbonyl (C=O) groups excluding carboxylic acids is 3. The Bertz CT molecular complexity index is 999. The first-order chi connectivity index (χ1) is 15.6. The number of nitrogens with zero attached hydrogens (tertiary/aromatic N) is 2. The van der Waals surface area contributed by atoms with Crippen molar-refractivity contribution in [3.8, 4) is 5.75 Å². The number of methoxy groups -OCH3 is 1. The van der Waals surface area contributed by atoms with Crippen LogP contribution in [0.1, 0.15) is 43.1 Å². The van der Waals surface area contributed by atoms with E-state index >= 15 is 0 Å². The van der Waals surface area contributed by atoms with Crippen LogP contribution in [0, 0.1) is 0 Å². The van der Waals surface area contributed by atoms with Gasteiger partial charge in [0.05, 0.1) is 38.0 Å². The Morgan fingerprint density at radius 3 is 2.47 bits per heavy atom. The van der Waals surface area contributed by atoms with Gasteiger partial charge < -0.3 is 14.8 Å². The lowest BCUT2D eigenvalue weighted by molar-refractivity contribution is 0.0374. The Morgan fingerprint density at radius 1 is 1.03 bits per heavy atom. The fourth-order valence-corrected chi connectivity index (χ4v) is 3.92. The second-order valence-electron chi connectivity index (χ2n) is 7.87. The van der Waals surface area contributed by atoms with Crippen molar-refractivity contribution in [3.63, 3.8) is 0 Å². The Kier molecular flexibility index (Phi) is 6.82. The highest BCUT2D eigenvalue weighted by Crippen LogP contribution is 2.26. The van der Waals surface area contributed by atoms with E-state index in [1.54, 1.807) is 31.4 Å². The van der Waals surface area contributed by atoms with Crippen LogP contribution >= 0.6 is 0 Å². The number of morpholine rings is 1. The number of ether oxygens (including phenoxy) is 2. The zero-order valence-electron chi connectivity index (χ0n) is 18.1. The van der Waals surface area contributed by atoms with Gasteiger partial charge in [-0.15, -0.1) is 0 Å². The number of carbonyl (C=O) groups is 3. The predicted molar refractivity (Wildman–Crippen MR) is 118 cm³/mol. The standard InChI is InChI=1S/C24H27N3O5/c1-31-19-6-3-17(4-7-19)16-27-23(29)20-8-5-18(15-21(20)24(27)30)22(28)25-9-2-10-26-11-13-32-14-12-26/h3-8,15H,2,9-14,16H2,1H3,(H,25,28). The first-order valence-corrected chi connectivity index (χ1v) is 10.8. The first kappa shape index (κ1) is 22.0. The summed E-state index contributed by atoms with van der Waals surface area (Å²) in [5.74, 6) is -0.276. The van der Waals surface area contributed by atoms with Gasteiger partial charge in [0.2, 0.25) is 0 Å². The summed E-state index contributed by atoms with van der Waals surface area (Å²) >= 11 is 0. The molecule has 2 aliphatic rings.